The molecule has 0 aliphatic heterocycles. The number of hydrogen-bond donors (Lipinski definition) is 0. The van der Waals surface area contributed by atoms with E-state index in [-0.39, 0.29) is 35.6 Å². The van der Waals surface area contributed by atoms with Gasteiger partial charge >= 0.3 is 59.5 Å². The zero-order valence-electron chi connectivity index (χ0n) is 31.2. The average Bonchev–Trinajstić information content (AvgIpc) is 3.49. The van der Waals surface area contributed by atoms with Crippen LogP contribution in [0.1, 0.15) is 151 Å². The Morgan fingerprint density at radius 1 is 0.771 bits per heavy atom. The molecule has 0 saturated heterocycles. The van der Waals surface area contributed by atoms with Gasteiger partial charge in [0.25, 0.3) is 0 Å². The molecule has 9 rings (SSSR count). The van der Waals surface area contributed by atoms with Gasteiger partial charge in [0, 0.05) is 0 Å². The molecule has 0 amide bonds. The Hall–Kier alpha value is -0.877. The summed E-state index contributed by atoms with van der Waals surface area (Å²) in [6, 6.07) is 19.9. The van der Waals surface area contributed by atoms with E-state index >= 15 is 0 Å². The topological polar surface area (TPSA) is 0 Å². The van der Waals surface area contributed by atoms with Crippen LogP contribution in [0.5, 0.6) is 0 Å². The fourth-order valence-electron chi connectivity index (χ4n) is 9.93. The van der Waals surface area contributed by atoms with E-state index in [4.69, 9.17) is 0 Å². The molecule has 0 spiro atoms. The molecule has 3 heteroatoms. The number of benzene rings is 2. The van der Waals surface area contributed by atoms with Crippen LogP contribution in [0, 0.1) is 43.1 Å². The van der Waals surface area contributed by atoms with Gasteiger partial charge in [-0.25, -0.2) is 6.07 Å². The number of hydrogen-bond acceptors (Lipinski definition) is 0. The molecule has 0 radical (unpaired) electrons. The maximum absolute atomic E-state index is 3.53. The first kappa shape index (κ1) is 39.9. The first-order valence-electron chi connectivity index (χ1n) is 18.7. The molecule has 0 aromatic heterocycles. The predicted octanol–water partition coefficient (Wildman–Crippen LogP) is 6.11. The minimum absolute atomic E-state index is 0. The molecule has 0 heterocycles. The molecule has 5 fully saturated rings. The van der Waals surface area contributed by atoms with Gasteiger partial charge in [0.1, 0.15) is 0 Å². The molecule has 0 unspecified atom stereocenters. The van der Waals surface area contributed by atoms with Crippen LogP contribution in [-0.2, 0) is 47.9 Å². The summed E-state index contributed by atoms with van der Waals surface area (Å²) in [5.74, 6) is 3.27. The van der Waals surface area contributed by atoms with Crippen LogP contribution in [0.3, 0.4) is 0 Å². The van der Waals surface area contributed by atoms with E-state index < -0.39 is 0 Å². The van der Waals surface area contributed by atoms with Crippen molar-refractivity contribution in [3.63, 3.8) is 0 Å². The first-order valence-corrected chi connectivity index (χ1v) is 19.9. The van der Waals surface area contributed by atoms with Crippen molar-refractivity contribution in [2.24, 2.45) is 23.2 Å². The Kier molecular flexibility index (Phi) is 13.1. The second-order valence-corrected chi connectivity index (χ2v) is 20.1. The second kappa shape index (κ2) is 15.8. The molecule has 0 N–H and O–H groups in total. The van der Waals surface area contributed by atoms with Crippen molar-refractivity contribution in [1.29, 1.82) is 0 Å². The van der Waals surface area contributed by atoms with Gasteiger partial charge < -0.3 is 24.8 Å². The van der Waals surface area contributed by atoms with Gasteiger partial charge in [-0.05, 0) is 79.1 Å². The van der Waals surface area contributed by atoms with Crippen molar-refractivity contribution >= 4 is 3.21 Å². The molecular weight excluding hydrogens is 703 g/mol. The van der Waals surface area contributed by atoms with Crippen LogP contribution in [0.2, 0.25) is 0 Å². The van der Waals surface area contributed by atoms with Crippen LogP contribution in [0.4, 0.5) is 0 Å². The van der Waals surface area contributed by atoms with E-state index in [2.05, 4.69) is 104 Å². The summed E-state index contributed by atoms with van der Waals surface area (Å²) in [5.41, 5.74) is 14.1. The molecule has 48 heavy (non-hydrogen) atoms. The van der Waals surface area contributed by atoms with E-state index in [1.165, 1.54) is 77.5 Å². The molecule has 6 aliphatic rings. The van der Waals surface area contributed by atoms with Gasteiger partial charge in [-0.2, -0.15) is 52.1 Å². The zero-order valence-corrected chi connectivity index (χ0v) is 35.2. The first-order chi connectivity index (χ1) is 21.7. The third-order valence-electron chi connectivity index (χ3n) is 12.1. The van der Waals surface area contributed by atoms with Crippen molar-refractivity contribution in [3.8, 4) is 11.1 Å². The Bertz CT molecular complexity index is 1450. The van der Waals surface area contributed by atoms with Crippen LogP contribution < -0.4 is 24.8 Å². The molecule has 260 valence electrons. The van der Waals surface area contributed by atoms with Crippen LogP contribution in [0.25, 0.3) is 11.1 Å². The molecule has 5 saturated carbocycles. The maximum atomic E-state index is 3.53. The van der Waals surface area contributed by atoms with Gasteiger partial charge in [-0.3, -0.25) is 0 Å². The number of aryl methyl sites for hydroxylation is 2. The van der Waals surface area contributed by atoms with E-state index in [0.717, 1.165) is 24.2 Å². The number of halogens is 2. The van der Waals surface area contributed by atoms with Gasteiger partial charge in [0.15, 0.2) is 0 Å². The quantitative estimate of drug-likeness (QED) is 0.217. The summed E-state index contributed by atoms with van der Waals surface area (Å²) in [7, 11) is 0. The monoisotopic (exact) mass is 760 g/mol. The van der Waals surface area contributed by atoms with Gasteiger partial charge in [0.05, 0.1) is 0 Å². The predicted molar refractivity (Wildman–Crippen MR) is 195 cm³/mol. The second-order valence-electron chi connectivity index (χ2n) is 18.3. The normalized spacial score (nSPS) is 25.0. The van der Waals surface area contributed by atoms with E-state index in [1.54, 1.807) is 77.1 Å². The minimum atomic E-state index is 0. The summed E-state index contributed by atoms with van der Waals surface area (Å²) >= 11 is 1.69. The molecule has 6 aliphatic carbocycles. The number of fused-ring (bicyclic) bond motifs is 3. The van der Waals surface area contributed by atoms with Crippen LogP contribution in [-0.4, -0.2) is 3.21 Å². The van der Waals surface area contributed by atoms with Crippen molar-refractivity contribution in [2.75, 3.05) is 0 Å². The fraction of sp³-hybridized carbons (Fsp3) is 0.600. The third kappa shape index (κ3) is 9.31. The summed E-state index contributed by atoms with van der Waals surface area (Å²) < 4.78 is 1.80. The summed E-state index contributed by atoms with van der Waals surface area (Å²) in [5, 5.41) is 0. The molecule has 0 nitrogen and oxygen atoms in total. The Labute approximate surface area is 321 Å². The van der Waals surface area contributed by atoms with Gasteiger partial charge in [-0.15, -0.1) is 5.56 Å². The van der Waals surface area contributed by atoms with Crippen molar-refractivity contribution in [3.05, 3.63) is 87.5 Å². The summed E-state index contributed by atoms with van der Waals surface area (Å²) in [4.78, 5) is 0. The van der Waals surface area contributed by atoms with Crippen molar-refractivity contribution in [2.45, 2.75) is 150 Å². The van der Waals surface area contributed by atoms with E-state index in [9.17, 15) is 0 Å². The fourth-order valence-corrected chi connectivity index (χ4v) is 10.8. The van der Waals surface area contributed by atoms with E-state index in [0.29, 0.717) is 5.41 Å². The average molecular weight is 763 g/mol. The van der Waals surface area contributed by atoms with E-state index in [1.807, 2.05) is 0 Å². The van der Waals surface area contributed by atoms with Crippen LogP contribution >= 0.6 is 0 Å². The Morgan fingerprint density at radius 2 is 1.33 bits per heavy atom. The Morgan fingerprint density at radius 3 is 1.81 bits per heavy atom. The van der Waals surface area contributed by atoms with Crippen molar-refractivity contribution < 1.29 is 49.0 Å². The van der Waals surface area contributed by atoms with Gasteiger partial charge in [0.2, 0.25) is 0 Å². The molecule has 0 atom stereocenters. The third-order valence-corrected chi connectivity index (χ3v) is 13.3. The molecule has 4 bridgehead atoms. The molecule has 3 aromatic carbocycles. The molecular formula is C45H60Cl2Zr-2. The van der Waals surface area contributed by atoms with Gasteiger partial charge in [-0.1, -0.05) is 96.6 Å². The van der Waals surface area contributed by atoms with Crippen LogP contribution in [0.15, 0.2) is 42.5 Å². The standard InChI is InChI=1S/C21H25.C18H25.C6H10.2ClH.Zr/c1-20(2,3)16-9-7-14-11-15-8-10-17(21(4,5)6)13-19(15)18(14)12-16;1-12-3-13(2)17(4-12)11-18-8-14-5-15(9-18)7-16(6-14)10-18;1-2-4-6-5-3-1;;;/h7,9-10,12-13H,11H2,1-6H3;3-4,14-16H,5-11H2,1-2H3;1-5H2;2*1H;/q2*-1;;;;+2/p-2. The zero-order chi connectivity index (χ0) is 32.9. The Balaban J connectivity index is 0.000000176. The van der Waals surface area contributed by atoms with Crippen molar-refractivity contribution in [1.82, 2.24) is 0 Å². The SMILES string of the molecule is CC(C)(C)c1c[c-]c2c(c1)-c1cc(C(C)(C)C)ccc1C2.Cc1cc(CC23CC4CC(CC(C4)C2)C3)c(C)[cH-]1.[Cl-].[Cl-].[Zr+2]=[C]1CCCCC1. The summed E-state index contributed by atoms with van der Waals surface area (Å²) in [6.07, 6.45) is 19.1. The number of rotatable bonds is 2. The molecule has 3 aromatic rings. The summed E-state index contributed by atoms with van der Waals surface area (Å²) in [6.45, 7) is 18.2.